The van der Waals surface area contributed by atoms with Crippen LogP contribution in [0.4, 0.5) is 0 Å². The van der Waals surface area contributed by atoms with Gasteiger partial charge < -0.3 is 50.5 Å². The van der Waals surface area contributed by atoms with Crippen molar-refractivity contribution in [2.45, 2.75) is 332 Å². The number of aliphatic hydroxyl groups excluding tert-OH is 7. The first-order valence-corrected chi connectivity index (χ1v) is 28.4. The largest absolute Gasteiger partial charge is 0.394 e. The van der Waals surface area contributed by atoms with E-state index in [1.807, 2.05) is 0 Å². The molecule has 1 rings (SSSR count). The van der Waals surface area contributed by atoms with Crippen molar-refractivity contribution in [3.63, 3.8) is 0 Å². The Balaban J connectivity index is 2.23. The Bertz CT molecular complexity index is 1040. The molecule has 1 aliphatic rings. The summed E-state index contributed by atoms with van der Waals surface area (Å²) < 4.78 is 11.1. The van der Waals surface area contributed by atoms with E-state index in [9.17, 15) is 40.5 Å². The minimum atomic E-state index is -1.66. The van der Waals surface area contributed by atoms with Gasteiger partial charge in [0.2, 0.25) is 5.91 Å². The Hall–Kier alpha value is -0.890. The van der Waals surface area contributed by atoms with Gasteiger partial charge in [0, 0.05) is 0 Å². The number of hydrogen-bond donors (Lipinski definition) is 8. The molecule has 0 saturated carbocycles. The summed E-state index contributed by atoms with van der Waals surface area (Å²) in [6.07, 6.45) is 38.8. The molecule has 1 saturated heterocycles. The van der Waals surface area contributed by atoms with Crippen molar-refractivity contribution in [2.24, 2.45) is 0 Å². The van der Waals surface area contributed by atoms with Crippen molar-refractivity contribution in [1.82, 2.24) is 5.32 Å². The van der Waals surface area contributed by atoms with Gasteiger partial charge in [0.1, 0.15) is 36.6 Å². The smallest absolute Gasteiger partial charge is 0.249 e. The molecular formula is C55H109NO10. The molecule has 8 N–H and O–H groups in total. The third kappa shape index (κ3) is 33.6. The first-order chi connectivity index (χ1) is 32.2. The van der Waals surface area contributed by atoms with Crippen molar-refractivity contribution in [3.05, 3.63) is 0 Å². The zero-order valence-electron chi connectivity index (χ0n) is 43.0. The quantitative estimate of drug-likeness (QED) is 0.0273. The summed E-state index contributed by atoms with van der Waals surface area (Å²) in [5.74, 6) is -0.691. The third-order valence-electron chi connectivity index (χ3n) is 14.2. The maximum absolute atomic E-state index is 13.1. The molecule has 394 valence electrons. The van der Waals surface area contributed by atoms with Crippen molar-refractivity contribution in [2.75, 3.05) is 13.2 Å². The predicted octanol–water partition coefficient (Wildman–Crippen LogP) is 11.4. The van der Waals surface area contributed by atoms with Gasteiger partial charge in [-0.2, -0.15) is 0 Å². The van der Waals surface area contributed by atoms with Crippen molar-refractivity contribution in [3.8, 4) is 0 Å². The highest BCUT2D eigenvalue weighted by atomic mass is 16.7. The standard InChI is InChI=1S/C55H109NO10/c1-3-5-7-9-11-13-15-17-18-19-20-21-22-23-24-25-26-27-28-29-30-31-33-35-37-39-41-43-48(59)54(64)56-46(45-65-55-53(63)52(62)51(61)49(44-57)66-55)50(60)47(58)42-40-38-36-34-32-16-14-12-10-8-6-4-2/h46-53,55,57-63H,3-45H2,1-2H3,(H,56,64). The van der Waals surface area contributed by atoms with Crippen molar-refractivity contribution in [1.29, 1.82) is 0 Å². The van der Waals surface area contributed by atoms with E-state index < -0.39 is 74.2 Å². The topological polar surface area (TPSA) is 189 Å². The maximum Gasteiger partial charge on any atom is 0.249 e. The summed E-state index contributed by atoms with van der Waals surface area (Å²) in [4.78, 5) is 13.1. The van der Waals surface area contributed by atoms with Gasteiger partial charge in [0.05, 0.1) is 25.4 Å². The molecule has 11 heteroatoms. The van der Waals surface area contributed by atoms with Gasteiger partial charge in [0.15, 0.2) is 6.29 Å². The summed E-state index contributed by atoms with van der Waals surface area (Å²) in [6.45, 7) is 3.47. The molecule has 1 amide bonds. The zero-order chi connectivity index (χ0) is 48.3. The minimum absolute atomic E-state index is 0.267. The number of carbonyl (C=O) groups excluding carboxylic acids is 1. The molecule has 1 heterocycles. The molecule has 0 aromatic rings. The molecule has 11 nitrogen and oxygen atoms in total. The molecule has 0 radical (unpaired) electrons. The fraction of sp³-hybridized carbons (Fsp3) is 0.982. The van der Waals surface area contributed by atoms with Crippen LogP contribution in [0.5, 0.6) is 0 Å². The van der Waals surface area contributed by atoms with Gasteiger partial charge in [-0.3, -0.25) is 4.79 Å². The first-order valence-electron chi connectivity index (χ1n) is 28.4. The summed E-state index contributed by atoms with van der Waals surface area (Å²) in [5.41, 5.74) is 0. The second-order valence-electron chi connectivity index (χ2n) is 20.4. The van der Waals surface area contributed by atoms with E-state index in [4.69, 9.17) is 9.47 Å². The van der Waals surface area contributed by atoms with Crippen LogP contribution in [0, 0.1) is 0 Å². The average Bonchev–Trinajstić information content (AvgIpc) is 3.32. The molecule has 0 aromatic heterocycles. The van der Waals surface area contributed by atoms with E-state index in [1.165, 1.54) is 199 Å². The summed E-state index contributed by atoms with van der Waals surface area (Å²) in [5, 5.41) is 75.9. The minimum Gasteiger partial charge on any atom is -0.394 e. The number of amides is 1. The lowest BCUT2D eigenvalue weighted by molar-refractivity contribution is -0.303. The highest BCUT2D eigenvalue weighted by Gasteiger charge is 2.44. The number of rotatable bonds is 49. The lowest BCUT2D eigenvalue weighted by Gasteiger charge is -2.40. The highest BCUT2D eigenvalue weighted by Crippen LogP contribution is 2.24. The number of nitrogens with one attached hydrogen (secondary N) is 1. The van der Waals surface area contributed by atoms with E-state index in [0.717, 1.165) is 38.5 Å². The molecular weight excluding hydrogens is 835 g/mol. The maximum atomic E-state index is 13.1. The van der Waals surface area contributed by atoms with Gasteiger partial charge in [0.25, 0.3) is 0 Å². The monoisotopic (exact) mass is 944 g/mol. The second kappa shape index (κ2) is 45.3. The summed E-state index contributed by atoms with van der Waals surface area (Å²) in [7, 11) is 0. The Labute approximate surface area is 405 Å². The number of hydrogen-bond acceptors (Lipinski definition) is 10. The number of aliphatic hydroxyl groups is 7. The molecule has 0 aliphatic carbocycles. The normalized spacial score (nSPS) is 20.7. The van der Waals surface area contributed by atoms with Gasteiger partial charge >= 0.3 is 0 Å². The predicted molar refractivity (Wildman–Crippen MR) is 270 cm³/mol. The van der Waals surface area contributed by atoms with Crippen LogP contribution in [0.3, 0.4) is 0 Å². The second-order valence-corrected chi connectivity index (χ2v) is 20.4. The Morgan fingerprint density at radius 3 is 1.12 bits per heavy atom. The SMILES string of the molecule is CCCCCCCCCCCCCCCCCCCCCCCCCCCCCC(O)C(=O)NC(COC1OC(CO)C(O)C(O)C1O)C(O)C(O)CCCCCCCCCCCCCC. The Kier molecular flexibility index (Phi) is 43.3. The molecule has 0 spiro atoms. The molecule has 9 unspecified atom stereocenters. The van der Waals surface area contributed by atoms with Crippen LogP contribution in [-0.4, -0.2) is 110 Å². The number of unbranched alkanes of at least 4 members (excludes halogenated alkanes) is 37. The summed E-state index contributed by atoms with van der Waals surface area (Å²) >= 11 is 0. The van der Waals surface area contributed by atoms with E-state index in [-0.39, 0.29) is 6.42 Å². The molecule has 1 fully saturated rings. The third-order valence-corrected chi connectivity index (χ3v) is 14.2. The Morgan fingerprint density at radius 1 is 0.470 bits per heavy atom. The number of carbonyl (C=O) groups is 1. The lowest BCUT2D eigenvalue weighted by atomic mass is 9.98. The fourth-order valence-electron chi connectivity index (χ4n) is 9.50. The van der Waals surface area contributed by atoms with Crippen LogP contribution in [0.25, 0.3) is 0 Å². The van der Waals surface area contributed by atoms with Crippen molar-refractivity contribution >= 4 is 5.91 Å². The zero-order valence-corrected chi connectivity index (χ0v) is 43.0. The van der Waals surface area contributed by atoms with Gasteiger partial charge in [-0.15, -0.1) is 0 Å². The van der Waals surface area contributed by atoms with Crippen LogP contribution in [0.15, 0.2) is 0 Å². The van der Waals surface area contributed by atoms with E-state index in [2.05, 4.69) is 19.2 Å². The van der Waals surface area contributed by atoms with Gasteiger partial charge in [-0.1, -0.05) is 264 Å². The van der Waals surface area contributed by atoms with Crippen molar-refractivity contribution < 1.29 is 50.0 Å². The van der Waals surface area contributed by atoms with Crippen LogP contribution in [0.1, 0.15) is 277 Å². The van der Waals surface area contributed by atoms with Gasteiger partial charge in [-0.05, 0) is 12.8 Å². The summed E-state index contributed by atoms with van der Waals surface area (Å²) in [6, 6.07) is -1.16. The van der Waals surface area contributed by atoms with Crippen LogP contribution >= 0.6 is 0 Å². The average molecular weight is 944 g/mol. The van der Waals surface area contributed by atoms with Crippen LogP contribution < -0.4 is 5.32 Å². The van der Waals surface area contributed by atoms with Gasteiger partial charge in [-0.25, -0.2) is 0 Å². The molecule has 9 atom stereocenters. The number of ether oxygens (including phenoxy) is 2. The van der Waals surface area contributed by atoms with E-state index in [1.54, 1.807) is 0 Å². The molecule has 0 aromatic carbocycles. The first kappa shape index (κ1) is 63.1. The lowest BCUT2D eigenvalue weighted by Crippen LogP contribution is -2.60. The molecule has 66 heavy (non-hydrogen) atoms. The highest BCUT2D eigenvalue weighted by molar-refractivity contribution is 5.80. The molecule has 0 bridgehead atoms. The van der Waals surface area contributed by atoms with E-state index >= 15 is 0 Å². The Morgan fingerprint density at radius 2 is 0.788 bits per heavy atom. The van der Waals surface area contributed by atoms with E-state index in [0.29, 0.717) is 19.3 Å². The van der Waals surface area contributed by atoms with Crippen LogP contribution in [-0.2, 0) is 14.3 Å². The van der Waals surface area contributed by atoms with Crippen LogP contribution in [0.2, 0.25) is 0 Å². The molecule has 1 aliphatic heterocycles. The fourth-order valence-corrected chi connectivity index (χ4v) is 9.50.